The van der Waals surface area contributed by atoms with Crippen molar-refractivity contribution in [1.82, 2.24) is 0 Å². The summed E-state index contributed by atoms with van der Waals surface area (Å²) in [7, 11) is 0. The largest absolute Gasteiger partial charge is 0.484 e. The van der Waals surface area contributed by atoms with E-state index in [1.54, 1.807) is 6.92 Å². The molecule has 0 saturated carbocycles. The van der Waals surface area contributed by atoms with E-state index < -0.39 is 0 Å². The van der Waals surface area contributed by atoms with Gasteiger partial charge in [-0.3, -0.25) is 4.79 Å². The van der Waals surface area contributed by atoms with Gasteiger partial charge in [0.25, 0.3) is 5.91 Å². The molecule has 2 aromatic carbocycles. The molecule has 0 atom stereocenters. The number of carbonyl (C=O) groups is 2. The lowest BCUT2D eigenvalue weighted by Gasteiger charge is -2.08. The molecule has 1 amide bonds. The number of amides is 1. The Morgan fingerprint density at radius 3 is 2.30 bits per heavy atom. The molecule has 5 heteroatoms. The highest BCUT2D eigenvalue weighted by atomic mass is 79.9. The van der Waals surface area contributed by atoms with Crippen LogP contribution in [-0.2, 0) is 16.0 Å². The first-order valence-corrected chi connectivity index (χ1v) is 8.09. The van der Waals surface area contributed by atoms with Crippen LogP contribution < -0.4 is 10.1 Å². The van der Waals surface area contributed by atoms with Gasteiger partial charge in [0.15, 0.2) is 6.61 Å². The highest BCUT2D eigenvalue weighted by Gasteiger charge is 2.04. The Labute approximate surface area is 144 Å². The second-order valence-electron chi connectivity index (χ2n) is 5.19. The molecule has 0 bridgehead atoms. The standard InChI is InChI=1S/C18H18BrNO3/c1-13(21)2-3-14-4-10-17(11-5-14)23-12-18(22)20-16-8-6-15(19)7-9-16/h4-11H,2-3,12H2,1H3,(H,20,22). The van der Waals surface area contributed by atoms with Crippen molar-refractivity contribution in [2.75, 3.05) is 11.9 Å². The fourth-order valence-electron chi connectivity index (χ4n) is 1.95. The van der Waals surface area contributed by atoms with Crippen molar-refractivity contribution >= 4 is 33.3 Å². The van der Waals surface area contributed by atoms with Gasteiger partial charge in [-0.25, -0.2) is 0 Å². The molecule has 0 heterocycles. The van der Waals surface area contributed by atoms with Gasteiger partial charge in [-0.15, -0.1) is 0 Å². The van der Waals surface area contributed by atoms with Crippen LogP contribution in [0.3, 0.4) is 0 Å². The van der Waals surface area contributed by atoms with Crippen LogP contribution in [-0.4, -0.2) is 18.3 Å². The van der Waals surface area contributed by atoms with Gasteiger partial charge in [0.1, 0.15) is 11.5 Å². The van der Waals surface area contributed by atoms with Gasteiger partial charge in [0.2, 0.25) is 0 Å². The van der Waals surface area contributed by atoms with E-state index in [-0.39, 0.29) is 18.3 Å². The minimum Gasteiger partial charge on any atom is -0.484 e. The van der Waals surface area contributed by atoms with Gasteiger partial charge in [-0.2, -0.15) is 0 Å². The van der Waals surface area contributed by atoms with E-state index in [1.165, 1.54) is 0 Å². The molecule has 120 valence electrons. The van der Waals surface area contributed by atoms with Gasteiger partial charge in [0, 0.05) is 16.6 Å². The van der Waals surface area contributed by atoms with Crippen molar-refractivity contribution < 1.29 is 14.3 Å². The average molecular weight is 376 g/mol. The fourth-order valence-corrected chi connectivity index (χ4v) is 2.22. The fraction of sp³-hybridized carbons (Fsp3) is 0.222. The molecule has 23 heavy (non-hydrogen) atoms. The van der Waals surface area contributed by atoms with E-state index in [0.29, 0.717) is 12.2 Å². The second-order valence-corrected chi connectivity index (χ2v) is 6.11. The third kappa shape index (κ3) is 6.24. The van der Waals surface area contributed by atoms with E-state index in [0.717, 1.165) is 22.1 Å². The molecule has 0 aliphatic carbocycles. The zero-order valence-electron chi connectivity index (χ0n) is 12.8. The first-order chi connectivity index (χ1) is 11.0. The summed E-state index contributed by atoms with van der Waals surface area (Å²) in [5.41, 5.74) is 1.80. The van der Waals surface area contributed by atoms with E-state index in [2.05, 4.69) is 21.2 Å². The zero-order chi connectivity index (χ0) is 16.7. The molecule has 0 fully saturated rings. The number of rotatable bonds is 7. The van der Waals surface area contributed by atoms with Crippen molar-refractivity contribution in [2.45, 2.75) is 19.8 Å². The van der Waals surface area contributed by atoms with Crippen LogP contribution in [0.5, 0.6) is 5.75 Å². The number of Topliss-reactive ketones (excluding diaryl/α,β-unsaturated/α-hetero) is 1. The van der Waals surface area contributed by atoms with Crippen molar-refractivity contribution in [3.05, 3.63) is 58.6 Å². The summed E-state index contributed by atoms with van der Waals surface area (Å²) >= 11 is 3.34. The molecular weight excluding hydrogens is 358 g/mol. The Bertz CT molecular complexity index is 666. The molecule has 4 nitrogen and oxygen atoms in total. The number of nitrogens with one attached hydrogen (secondary N) is 1. The summed E-state index contributed by atoms with van der Waals surface area (Å²) in [6.07, 6.45) is 1.26. The zero-order valence-corrected chi connectivity index (χ0v) is 14.4. The summed E-state index contributed by atoms with van der Waals surface area (Å²) in [6.45, 7) is 1.53. The topological polar surface area (TPSA) is 55.4 Å². The van der Waals surface area contributed by atoms with Crippen LogP contribution in [0.4, 0.5) is 5.69 Å². The number of benzene rings is 2. The number of hydrogen-bond donors (Lipinski definition) is 1. The number of aryl methyl sites for hydroxylation is 1. The predicted molar refractivity (Wildman–Crippen MR) is 93.7 cm³/mol. The van der Waals surface area contributed by atoms with E-state index in [9.17, 15) is 9.59 Å². The van der Waals surface area contributed by atoms with Crippen LogP contribution in [0.1, 0.15) is 18.9 Å². The van der Waals surface area contributed by atoms with E-state index in [1.807, 2.05) is 48.5 Å². The second kappa shape index (κ2) is 8.48. The number of hydrogen-bond acceptors (Lipinski definition) is 3. The molecule has 0 saturated heterocycles. The smallest absolute Gasteiger partial charge is 0.262 e. The van der Waals surface area contributed by atoms with Crippen LogP contribution in [0, 0.1) is 0 Å². The molecule has 2 rings (SSSR count). The lowest BCUT2D eigenvalue weighted by atomic mass is 10.1. The summed E-state index contributed by atoms with van der Waals surface area (Å²) < 4.78 is 6.41. The maximum absolute atomic E-state index is 11.8. The van der Waals surface area contributed by atoms with E-state index in [4.69, 9.17) is 4.74 Å². The summed E-state index contributed by atoms with van der Waals surface area (Å²) in [6, 6.07) is 14.8. The monoisotopic (exact) mass is 375 g/mol. The Morgan fingerprint density at radius 1 is 1.04 bits per heavy atom. The lowest BCUT2D eigenvalue weighted by Crippen LogP contribution is -2.20. The Balaban J connectivity index is 1.79. The molecule has 0 aliphatic rings. The average Bonchev–Trinajstić information content (AvgIpc) is 2.54. The van der Waals surface area contributed by atoms with Gasteiger partial charge in [-0.1, -0.05) is 28.1 Å². The number of halogens is 1. The van der Waals surface area contributed by atoms with Crippen molar-refractivity contribution in [3.8, 4) is 5.75 Å². The van der Waals surface area contributed by atoms with Crippen LogP contribution in [0.2, 0.25) is 0 Å². The summed E-state index contributed by atoms with van der Waals surface area (Å²) in [4.78, 5) is 22.8. The minimum absolute atomic E-state index is 0.0527. The van der Waals surface area contributed by atoms with Crippen molar-refractivity contribution in [2.24, 2.45) is 0 Å². The molecule has 1 N–H and O–H groups in total. The number of ether oxygens (including phenoxy) is 1. The van der Waals surface area contributed by atoms with Crippen LogP contribution in [0.25, 0.3) is 0 Å². The molecular formula is C18H18BrNO3. The number of ketones is 1. The van der Waals surface area contributed by atoms with Gasteiger partial charge in [-0.05, 0) is 55.3 Å². The SMILES string of the molecule is CC(=O)CCc1ccc(OCC(=O)Nc2ccc(Br)cc2)cc1. The molecule has 2 aromatic rings. The predicted octanol–water partition coefficient (Wildman–Crippen LogP) is 3.99. The minimum atomic E-state index is -0.215. The third-order valence-electron chi connectivity index (χ3n) is 3.19. The molecule has 0 unspecified atom stereocenters. The highest BCUT2D eigenvalue weighted by Crippen LogP contribution is 2.15. The highest BCUT2D eigenvalue weighted by molar-refractivity contribution is 9.10. The molecule has 0 aliphatic heterocycles. The molecule has 0 spiro atoms. The quantitative estimate of drug-likeness (QED) is 0.795. The lowest BCUT2D eigenvalue weighted by molar-refractivity contribution is -0.118. The molecule has 0 radical (unpaired) electrons. The normalized spacial score (nSPS) is 10.2. The third-order valence-corrected chi connectivity index (χ3v) is 3.72. The summed E-state index contributed by atoms with van der Waals surface area (Å²) in [5, 5.41) is 2.76. The first-order valence-electron chi connectivity index (χ1n) is 7.29. The molecule has 0 aromatic heterocycles. The Kier molecular flexibility index (Phi) is 6.35. The van der Waals surface area contributed by atoms with E-state index >= 15 is 0 Å². The first kappa shape index (κ1) is 17.2. The number of anilines is 1. The van der Waals surface area contributed by atoms with Crippen molar-refractivity contribution in [3.63, 3.8) is 0 Å². The van der Waals surface area contributed by atoms with Gasteiger partial charge < -0.3 is 14.8 Å². The van der Waals surface area contributed by atoms with Crippen LogP contribution >= 0.6 is 15.9 Å². The Hall–Kier alpha value is -2.14. The maximum Gasteiger partial charge on any atom is 0.262 e. The Morgan fingerprint density at radius 2 is 1.70 bits per heavy atom. The van der Waals surface area contributed by atoms with Gasteiger partial charge >= 0.3 is 0 Å². The van der Waals surface area contributed by atoms with Gasteiger partial charge in [0.05, 0.1) is 0 Å². The number of carbonyl (C=O) groups excluding carboxylic acids is 2. The summed E-state index contributed by atoms with van der Waals surface area (Å²) in [5.74, 6) is 0.588. The van der Waals surface area contributed by atoms with Crippen LogP contribution in [0.15, 0.2) is 53.0 Å². The maximum atomic E-state index is 11.8. The van der Waals surface area contributed by atoms with Crippen molar-refractivity contribution in [1.29, 1.82) is 0 Å².